The van der Waals surface area contributed by atoms with Gasteiger partial charge in [-0.1, -0.05) is 6.07 Å². The Kier molecular flexibility index (Phi) is 3.80. The van der Waals surface area contributed by atoms with E-state index in [2.05, 4.69) is 5.32 Å². The molecule has 2 rings (SSSR count). The van der Waals surface area contributed by atoms with Gasteiger partial charge in [0.2, 0.25) is 0 Å². The van der Waals surface area contributed by atoms with Crippen molar-refractivity contribution >= 4 is 17.1 Å². The molecule has 3 N–H and O–H groups in total. The van der Waals surface area contributed by atoms with Crippen molar-refractivity contribution in [3.05, 3.63) is 42.0 Å². The fourth-order valence-corrected chi connectivity index (χ4v) is 1.85. The summed E-state index contributed by atoms with van der Waals surface area (Å²) in [5, 5.41) is 3.28. The Morgan fingerprint density at radius 1 is 0.947 bits per heavy atom. The molecule has 0 fully saturated rings. The predicted molar refractivity (Wildman–Crippen MR) is 78.4 cm³/mol. The van der Waals surface area contributed by atoms with Crippen LogP contribution in [-0.2, 0) is 0 Å². The van der Waals surface area contributed by atoms with E-state index in [9.17, 15) is 0 Å². The Labute approximate surface area is 113 Å². The molecule has 0 radical (unpaired) electrons. The fraction of sp³-hybridized carbons (Fsp3) is 0.200. The molecule has 0 atom stereocenters. The molecule has 0 spiro atoms. The van der Waals surface area contributed by atoms with Crippen molar-refractivity contribution in [2.24, 2.45) is 0 Å². The zero-order valence-corrected chi connectivity index (χ0v) is 11.4. The quantitative estimate of drug-likeness (QED) is 0.826. The molecule has 100 valence electrons. The number of methoxy groups -OCH3 is 2. The minimum absolute atomic E-state index is 0.628. The Balaban J connectivity index is 2.33. The fourth-order valence-electron chi connectivity index (χ4n) is 1.85. The van der Waals surface area contributed by atoms with Crippen LogP contribution in [0, 0.1) is 6.92 Å². The Bertz CT molecular complexity index is 582. The van der Waals surface area contributed by atoms with Crippen LogP contribution < -0.4 is 20.5 Å². The Hall–Kier alpha value is -2.36. The van der Waals surface area contributed by atoms with E-state index < -0.39 is 0 Å². The number of rotatable bonds is 4. The molecule has 0 aromatic heterocycles. The largest absolute Gasteiger partial charge is 0.497 e. The third kappa shape index (κ3) is 2.91. The lowest BCUT2D eigenvalue weighted by molar-refractivity contribution is 0.415. The van der Waals surface area contributed by atoms with E-state index in [1.54, 1.807) is 20.3 Å². The topological polar surface area (TPSA) is 56.5 Å². The third-order valence-corrected chi connectivity index (χ3v) is 2.88. The first-order valence-electron chi connectivity index (χ1n) is 5.99. The van der Waals surface area contributed by atoms with Crippen molar-refractivity contribution in [1.29, 1.82) is 0 Å². The summed E-state index contributed by atoms with van der Waals surface area (Å²) < 4.78 is 10.5. The standard InChI is InChI=1S/C15H18N2O2/c1-10-4-7-15(19-3)14(8-10)17-13-6-5-11(18-2)9-12(13)16/h4-9,17H,16H2,1-3H3. The molecule has 2 aromatic carbocycles. The summed E-state index contributed by atoms with van der Waals surface area (Å²) in [6.45, 7) is 2.03. The van der Waals surface area contributed by atoms with E-state index in [1.165, 1.54) is 0 Å². The van der Waals surface area contributed by atoms with Gasteiger partial charge in [-0.15, -0.1) is 0 Å². The van der Waals surface area contributed by atoms with Gasteiger partial charge in [-0.2, -0.15) is 0 Å². The molecular weight excluding hydrogens is 240 g/mol. The lowest BCUT2D eigenvalue weighted by Crippen LogP contribution is -1.99. The molecule has 0 unspecified atom stereocenters. The zero-order chi connectivity index (χ0) is 13.8. The first-order chi connectivity index (χ1) is 9.13. The number of nitrogens with one attached hydrogen (secondary N) is 1. The van der Waals surface area contributed by atoms with Crippen molar-refractivity contribution in [2.75, 3.05) is 25.3 Å². The van der Waals surface area contributed by atoms with Crippen LogP contribution in [0.4, 0.5) is 17.1 Å². The molecule has 4 nitrogen and oxygen atoms in total. The lowest BCUT2D eigenvalue weighted by atomic mass is 10.2. The number of aryl methyl sites for hydroxylation is 1. The van der Waals surface area contributed by atoms with E-state index in [0.29, 0.717) is 5.69 Å². The van der Waals surface area contributed by atoms with Gasteiger partial charge in [-0.05, 0) is 36.8 Å². The van der Waals surface area contributed by atoms with Crippen LogP contribution in [0.3, 0.4) is 0 Å². The number of benzene rings is 2. The second-order valence-corrected chi connectivity index (χ2v) is 4.28. The molecule has 0 bridgehead atoms. The average Bonchev–Trinajstić information content (AvgIpc) is 2.41. The summed E-state index contributed by atoms with van der Waals surface area (Å²) in [6.07, 6.45) is 0. The highest BCUT2D eigenvalue weighted by molar-refractivity contribution is 5.76. The number of hydrogen-bond acceptors (Lipinski definition) is 4. The van der Waals surface area contributed by atoms with Crippen molar-refractivity contribution in [3.63, 3.8) is 0 Å². The second-order valence-electron chi connectivity index (χ2n) is 4.28. The summed E-state index contributed by atoms with van der Waals surface area (Å²) >= 11 is 0. The minimum Gasteiger partial charge on any atom is -0.497 e. The molecule has 0 amide bonds. The van der Waals surface area contributed by atoms with E-state index in [4.69, 9.17) is 15.2 Å². The third-order valence-electron chi connectivity index (χ3n) is 2.88. The molecule has 0 heterocycles. The summed E-state index contributed by atoms with van der Waals surface area (Å²) in [6, 6.07) is 11.5. The summed E-state index contributed by atoms with van der Waals surface area (Å²) in [5.74, 6) is 1.51. The van der Waals surface area contributed by atoms with Crippen molar-refractivity contribution in [2.45, 2.75) is 6.92 Å². The average molecular weight is 258 g/mol. The van der Waals surface area contributed by atoms with Gasteiger partial charge >= 0.3 is 0 Å². The molecule has 19 heavy (non-hydrogen) atoms. The molecule has 0 aliphatic carbocycles. The highest BCUT2D eigenvalue weighted by Gasteiger charge is 2.06. The summed E-state index contributed by atoms with van der Waals surface area (Å²) in [7, 11) is 3.26. The predicted octanol–water partition coefficient (Wildman–Crippen LogP) is 3.34. The number of anilines is 3. The highest BCUT2D eigenvalue weighted by atomic mass is 16.5. The zero-order valence-electron chi connectivity index (χ0n) is 11.4. The molecule has 2 aromatic rings. The highest BCUT2D eigenvalue weighted by Crippen LogP contribution is 2.32. The van der Waals surface area contributed by atoms with Crippen molar-refractivity contribution in [1.82, 2.24) is 0 Å². The minimum atomic E-state index is 0.628. The number of nitrogens with two attached hydrogens (primary N) is 1. The maximum absolute atomic E-state index is 5.99. The first kappa shape index (κ1) is 13.1. The maximum atomic E-state index is 5.99. The van der Waals surface area contributed by atoms with Gasteiger partial charge in [0.05, 0.1) is 31.3 Å². The van der Waals surface area contributed by atoms with Crippen molar-refractivity contribution < 1.29 is 9.47 Å². The molecule has 0 aliphatic heterocycles. The van der Waals surface area contributed by atoms with Gasteiger partial charge in [0.15, 0.2) is 0 Å². The van der Waals surface area contributed by atoms with E-state index >= 15 is 0 Å². The van der Waals surface area contributed by atoms with E-state index in [-0.39, 0.29) is 0 Å². The van der Waals surface area contributed by atoms with Crippen LogP contribution in [0.1, 0.15) is 5.56 Å². The van der Waals surface area contributed by atoms with Gasteiger partial charge in [0.25, 0.3) is 0 Å². The Morgan fingerprint density at radius 2 is 1.74 bits per heavy atom. The van der Waals surface area contributed by atoms with Crippen LogP contribution in [0.2, 0.25) is 0 Å². The number of hydrogen-bond donors (Lipinski definition) is 2. The van der Waals surface area contributed by atoms with E-state index in [1.807, 2.05) is 37.3 Å². The van der Waals surface area contributed by atoms with Crippen LogP contribution in [-0.4, -0.2) is 14.2 Å². The van der Waals surface area contributed by atoms with Crippen LogP contribution in [0.15, 0.2) is 36.4 Å². The first-order valence-corrected chi connectivity index (χ1v) is 5.99. The molecular formula is C15H18N2O2. The normalized spacial score (nSPS) is 10.1. The van der Waals surface area contributed by atoms with Gasteiger partial charge in [-0.25, -0.2) is 0 Å². The SMILES string of the molecule is COc1ccc(Nc2cc(C)ccc2OC)c(N)c1. The maximum Gasteiger partial charge on any atom is 0.142 e. The lowest BCUT2D eigenvalue weighted by Gasteiger charge is -2.14. The summed E-state index contributed by atoms with van der Waals surface area (Å²) in [4.78, 5) is 0. The summed E-state index contributed by atoms with van der Waals surface area (Å²) in [5.41, 5.74) is 9.48. The van der Waals surface area contributed by atoms with Gasteiger partial charge in [0.1, 0.15) is 11.5 Å². The number of ether oxygens (including phenoxy) is 2. The molecule has 0 saturated carbocycles. The molecule has 0 saturated heterocycles. The Morgan fingerprint density at radius 3 is 2.37 bits per heavy atom. The molecule has 4 heteroatoms. The molecule has 0 aliphatic rings. The second kappa shape index (κ2) is 5.52. The number of nitrogen functional groups attached to an aromatic ring is 1. The smallest absolute Gasteiger partial charge is 0.142 e. The monoisotopic (exact) mass is 258 g/mol. The van der Waals surface area contributed by atoms with Crippen LogP contribution >= 0.6 is 0 Å². The van der Waals surface area contributed by atoms with Gasteiger partial charge < -0.3 is 20.5 Å². The van der Waals surface area contributed by atoms with E-state index in [0.717, 1.165) is 28.4 Å². The van der Waals surface area contributed by atoms with Gasteiger partial charge in [-0.3, -0.25) is 0 Å². The van der Waals surface area contributed by atoms with Crippen LogP contribution in [0.5, 0.6) is 11.5 Å². The van der Waals surface area contributed by atoms with Crippen LogP contribution in [0.25, 0.3) is 0 Å². The van der Waals surface area contributed by atoms with Crippen molar-refractivity contribution in [3.8, 4) is 11.5 Å². The van der Waals surface area contributed by atoms with Gasteiger partial charge in [0, 0.05) is 6.07 Å².